The molecule has 4 atom stereocenters. The standard InChI is InChI=1S/C18H22ClNO2/c19-15-3-1-14(2-4-15)18-8-12-5-13(9-18)7-17(6-12,11-18)10-16(21)20-22/h1-4,12-13,22H,5-11H2,(H,20,21)/t12-,13+,17?,18?. The van der Waals surface area contributed by atoms with Crippen LogP contribution in [0.4, 0.5) is 0 Å². The van der Waals surface area contributed by atoms with E-state index in [9.17, 15) is 4.79 Å². The zero-order valence-corrected chi connectivity index (χ0v) is 13.4. The number of carbonyl (C=O) groups excluding carboxylic acids is 1. The van der Waals surface area contributed by atoms with Gasteiger partial charge in [0.1, 0.15) is 0 Å². The van der Waals surface area contributed by atoms with Crippen molar-refractivity contribution in [3.8, 4) is 0 Å². The lowest BCUT2D eigenvalue weighted by atomic mass is 9.42. The van der Waals surface area contributed by atoms with E-state index < -0.39 is 0 Å². The molecule has 4 aliphatic rings. The van der Waals surface area contributed by atoms with E-state index in [1.54, 1.807) is 0 Å². The molecule has 1 aromatic carbocycles. The molecule has 118 valence electrons. The lowest BCUT2D eigenvalue weighted by molar-refractivity contribution is -0.139. The van der Waals surface area contributed by atoms with Crippen molar-refractivity contribution in [1.29, 1.82) is 0 Å². The Morgan fingerprint density at radius 3 is 2.41 bits per heavy atom. The Morgan fingerprint density at radius 1 is 1.18 bits per heavy atom. The summed E-state index contributed by atoms with van der Waals surface area (Å²) in [7, 11) is 0. The van der Waals surface area contributed by atoms with Crippen LogP contribution in [0.3, 0.4) is 0 Å². The molecule has 4 saturated carbocycles. The summed E-state index contributed by atoms with van der Waals surface area (Å²) in [5.74, 6) is 1.22. The maximum Gasteiger partial charge on any atom is 0.243 e. The summed E-state index contributed by atoms with van der Waals surface area (Å²) < 4.78 is 0. The van der Waals surface area contributed by atoms with E-state index in [1.807, 2.05) is 17.6 Å². The quantitative estimate of drug-likeness (QED) is 0.651. The number of hydrogen-bond donors (Lipinski definition) is 2. The maximum absolute atomic E-state index is 11.8. The van der Waals surface area contributed by atoms with Gasteiger partial charge in [-0.25, -0.2) is 5.48 Å². The van der Waals surface area contributed by atoms with Gasteiger partial charge in [0.25, 0.3) is 0 Å². The van der Waals surface area contributed by atoms with Gasteiger partial charge in [-0.2, -0.15) is 0 Å². The first-order chi connectivity index (χ1) is 10.5. The van der Waals surface area contributed by atoms with Crippen LogP contribution in [-0.2, 0) is 10.2 Å². The average molecular weight is 320 g/mol. The summed E-state index contributed by atoms with van der Waals surface area (Å²) in [6, 6.07) is 8.33. The third-order valence-electron chi connectivity index (χ3n) is 6.30. The molecule has 5 rings (SSSR count). The molecule has 3 nitrogen and oxygen atoms in total. The van der Waals surface area contributed by atoms with Gasteiger partial charge in [0.2, 0.25) is 5.91 Å². The van der Waals surface area contributed by atoms with E-state index in [4.69, 9.17) is 16.8 Å². The summed E-state index contributed by atoms with van der Waals surface area (Å²) in [5, 5.41) is 9.71. The Morgan fingerprint density at radius 2 is 1.82 bits per heavy atom. The summed E-state index contributed by atoms with van der Waals surface area (Å²) in [6.07, 6.45) is 7.63. The third-order valence-corrected chi connectivity index (χ3v) is 6.55. The van der Waals surface area contributed by atoms with Gasteiger partial charge in [-0.05, 0) is 78.9 Å². The zero-order chi connectivity index (χ0) is 15.4. The highest BCUT2D eigenvalue weighted by Gasteiger charge is 2.58. The summed E-state index contributed by atoms with van der Waals surface area (Å²) in [5.41, 5.74) is 3.52. The number of halogens is 1. The number of amides is 1. The second-order valence-corrected chi connectivity index (χ2v) is 8.40. The molecule has 4 aliphatic carbocycles. The van der Waals surface area contributed by atoms with Gasteiger partial charge in [-0.15, -0.1) is 0 Å². The van der Waals surface area contributed by atoms with E-state index in [2.05, 4.69) is 12.1 Å². The first-order valence-corrected chi connectivity index (χ1v) is 8.59. The lowest BCUT2D eigenvalue weighted by Crippen LogP contribution is -2.55. The van der Waals surface area contributed by atoms with Gasteiger partial charge in [0, 0.05) is 11.4 Å². The molecule has 0 heterocycles. The van der Waals surface area contributed by atoms with E-state index in [1.165, 1.54) is 24.8 Å². The van der Waals surface area contributed by atoms with Crippen molar-refractivity contribution < 1.29 is 10.0 Å². The molecule has 0 radical (unpaired) electrons. The highest BCUT2D eigenvalue weighted by molar-refractivity contribution is 6.30. The second-order valence-electron chi connectivity index (χ2n) is 7.96. The van der Waals surface area contributed by atoms with Gasteiger partial charge >= 0.3 is 0 Å². The molecule has 4 heteroatoms. The molecule has 22 heavy (non-hydrogen) atoms. The van der Waals surface area contributed by atoms with Crippen molar-refractivity contribution in [2.45, 2.75) is 50.4 Å². The molecule has 0 spiro atoms. The molecule has 0 aromatic heterocycles. The normalized spacial score (nSPS) is 39.0. The van der Waals surface area contributed by atoms with Crippen LogP contribution in [0.1, 0.15) is 50.5 Å². The summed E-state index contributed by atoms with van der Waals surface area (Å²) in [6.45, 7) is 0. The predicted molar refractivity (Wildman–Crippen MR) is 84.8 cm³/mol. The molecular formula is C18H22ClNO2. The number of nitrogens with one attached hydrogen (secondary N) is 1. The molecule has 4 bridgehead atoms. The zero-order valence-electron chi connectivity index (χ0n) is 12.6. The van der Waals surface area contributed by atoms with Gasteiger partial charge in [-0.3, -0.25) is 10.0 Å². The largest absolute Gasteiger partial charge is 0.289 e. The van der Waals surface area contributed by atoms with Gasteiger partial charge in [0.15, 0.2) is 0 Å². The molecule has 4 fully saturated rings. The van der Waals surface area contributed by atoms with Crippen molar-refractivity contribution in [3.05, 3.63) is 34.9 Å². The fraction of sp³-hybridized carbons (Fsp3) is 0.611. The van der Waals surface area contributed by atoms with Gasteiger partial charge in [0.05, 0.1) is 0 Å². The Bertz CT molecular complexity index is 584. The van der Waals surface area contributed by atoms with E-state index in [-0.39, 0.29) is 16.7 Å². The predicted octanol–water partition coefficient (Wildman–Crippen LogP) is 4.07. The van der Waals surface area contributed by atoms with Crippen molar-refractivity contribution >= 4 is 17.5 Å². The van der Waals surface area contributed by atoms with Crippen molar-refractivity contribution in [3.63, 3.8) is 0 Å². The second kappa shape index (κ2) is 4.97. The SMILES string of the molecule is O=C(CC12C[C@H]3C[C@@H](C1)CC(c1ccc(Cl)cc1)(C3)C2)NO. The minimum atomic E-state index is -0.229. The van der Waals surface area contributed by atoms with Gasteiger partial charge in [-0.1, -0.05) is 23.7 Å². The number of hydroxylamine groups is 1. The van der Waals surface area contributed by atoms with Crippen LogP contribution in [0.2, 0.25) is 5.02 Å². The molecule has 0 saturated heterocycles. The lowest BCUT2D eigenvalue weighted by Gasteiger charge is -2.62. The van der Waals surface area contributed by atoms with Crippen molar-refractivity contribution in [2.75, 3.05) is 0 Å². The van der Waals surface area contributed by atoms with E-state index >= 15 is 0 Å². The van der Waals surface area contributed by atoms with Crippen molar-refractivity contribution in [2.24, 2.45) is 17.3 Å². The molecular weight excluding hydrogens is 298 g/mol. The highest BCUT2D eigenvalue weighted by atomic mass is 35.5. The summed E-state index contributed by atoms with van der Waals surface area (Å²) >= 11 is 6.05. The number of carbonyl (C=O) groups is 1. The minimum Gasteiger partial charge on any atom is -0.289 e. The average Bonchev–Trinajstić information content (AvgIpc) is 2.45. The minimum absolute atomic E-state index is 0.0799. The van der Waals surface area contributed by atoms with Crippen LogP contribution in [-0.4, -0.2) is 11.1 Å². The van der Waals surface area contributed by atoms with Crippen LogP contribution < -0.4 is 5.48 Å². The third kappa shape index (κ3) is 2.26. The first kappa shape index (κ1) is 14.5. The molecule has 1 aromatic rings. The van der Waals surface area contributed by atoms with E-state index in [0.717, 1.165) is 36.1 Å². The van der Waals surface area contributed by atoms with Gasteiger partial charge < -0.3 is 0 Å². The molecule has 0 aliphatic heterocycles. The van der Waals surface area contributed by atoms with Crippen LogP contribution in [0.15, 0.2) is 24.3 Å². The Hall–Kier alpha value is -1.06. The van der Waals surface area contributed by atoms with Crippen LogP contribution in [0, 0.1) is 17.3 Å². The topological polar surface area (TPSA) is 49.3 Å². The molecule has 1 amide bonds. The van der Waals surface area contributed by atoms with Crippen LogP contribution in [0.5, 0.6) is 0 Å². The maximum atomic E-state index is 11.8. The van der Waals surface area contributed by atoms with E-state index in [0.29, 0.717) is 6.42 Å². The van der Waals surface area contributed by atoms with Crippen LogP contribution in [0.25, 0.3) is 0 Å². The van der Waals surface area contributed by atoms with Crippen molar-refractivity contribution in [1.82, 2.24) is 5.48 Å². The number of benzene rings is 1. The monoisotopic (exact) mass is 319 g/mol. The molecule has 2 N–H and O–H groups in total. The number of rotatable bonds is 3. The highest BCUT2D eigenvalue weighted by Crippen LogP contribution is 2.66. The summed E-state index contributed by atoms with van der Waals surface area (Å²) in [4.78, 5) is 11.8. The Balaban J connectivity index is 1.69. The smallest absolute Gasteiger partial charge is 0.243 e. The first-order valence-electron chi connectivity index (χ1n) is 8.22. The number of hydrogen-bond acceptors (Lipinski definition) is 2. The fourth-order valence-corrected chi connectivity index (χ4v) is 6.31. The Kier molecular flexibility index (Phi) is 3.28. The fourth-order valence-electron chi connectivity index (χ4n) is 6.18. The Labute approximate surface area is 136 Å². The van der Waals surface area contributed by atoms with Crippen LogP contribution >= 0.6 is 11.6 Å². The molecule has 2 unspecified atom stereocenters.